The first-order valence-corrected chi connectivity index (χ1v) is 8.60. The SMILES string of the molecule is Nc1ncc(-c2cc(C3[C@H]4CCC[C@@H]34)n(CC(F)F)n2)cc1OC(F)(F)F. The minimum Gasteiger partial charge on any atom is -0.402 e. The van der Waals surface area contributed by atoms with E-state index in [1.54, 1.807) is 6.07 Å². The fraction of sp³-hybridized carbons (Fsp3) is 0.529. The van der Waals surface area contributed by atoms with Crippen LogP contribution in [0.4, 0.5) is 27.8 Å². The number of hydrogen-bond donors (Lipinski definition) is 1. The van der Waals surface area contributed by atoms with Crippen molar-refractivity contribution in [3.8, 4) is 17.0 Å². The minimum absolute atomic E-state index is 0.186. The number of nitrogens with two attached hydrogens (primary N) is 1. The molecule has 2 N–H and O–H groups in total. The van der Waals surface area contributed by atoms with Crippen LogP contribution in [0.3, 0.4) is 0 Å². The van der Waals surface area contributed by atoms with E-state index < -0.39 is 30.9 Å². The number of nitrogen functional groups attached to an aromatic ring is 1. The highest BCUT2D eigenvalue weighted by Crippen LogP contribution is 2.63. The van der Waals surface area contributed by atoms with E-state index in [0.717, 1.165) is 25.3 Å². The molecule has 2 fully saturated rings. The Morgan fingerprint density at radius 2 is 1.93 bits per heavy atom. The molecule has 2 heterocycles. The summed E-state index contributed by atoms with van der Waals surface area (Å²) in [6, 6.07) is 2.73. The van der Waals surface area contributed by atoms with E-state index in [4.69, 9.17) is 5.73 Å². The van der Waals surface area contributed by atoms with Crippen LogP contribution in [0.1, 0.15) is 30.9 Å². The molecule has 0 saturated heterocycles. The third kappa shape index (κ3) is 3.57. The van der Waals surface area contributed by atoms with Crippen LogP contribution in [0.25, 0.3) is 11.3 Å². The third-order valence-electron chi connectivity index (χ3n) is 5.27. The maximum atomic E-state index is 13.0. The van der Waals surface area contributed by atoms with Gasteiger partial charge >= 0.3 is 6.36 Å². The summed E-state index contributed by atoms with van der Waals surface area (Å²) in [6.45, 7) is -0.556. The Labute approximate surface area is 151 Å². The quantitative estimate of drug-likeness (QED) is 0.780. The van der Waals surface area contributed by atoms with Gasteiger partial charge in [0.2, 0.25) is 0 Å². The summed E-state index contributed by atoms with van der Waals surface area (Å²) in [5.41, 5.74) is 6.64. The van der Waals surface area contributed by atoms with Gasteiger partial charge in [0.25, 0.3) is 6.43 Å². The smallest absolute Gasteiger partial charge is 0.402 e. The van der Waals surface area contributed by atoms with Crippen molar-refractivity contribution in [3.05, 3.63) is 24.0 Å². The first-order valence-electron chi connectivity index (χ1n) is 8.60. The molecule has 2 aliphatic carbocycles. The van der Waals surface area contributed by atoms with Gasteiger partial charge in [-0.15, -0.1) is 13.2 Å². The van der Waals surface area contributed by atoms with Crippen LogP contribution >= 0.6 is 0 Å². The van der Waals surface area contributed by atoms with Crippen molar-refractivity contribution in [1.29, 1.82) is 0 Å². The molecule has 0 aliphatic heterocycles. The number of aromatic nitrogens is 3. The Kier molecular flexibility index (Phi) is 4.23. The molecule has 2 aliphatic rings. The number of nitrogens with zero attached hydrogens (tertiary/aromatic N) is 3. The molecular formula is C17H17F5N4O. The second kappa shape index (κ2) is 6.35. The number of hydrogen-bond acceptors (Lipinski definition) is 4. The Morgan fingerprint density at radius 1 is 1.22 bits per heavy atom. The van der Waals surface area contributed by atoms with E-state index in [0.29, 0.717) is 17.5 Å². The zero-order chi connectivity index (χ0) is 19.3. The highest BCUT2D eigenvalue weighted by atomic mass is 19.4. The number of ether oxygens (including phenoxy) is 1. The van der Waals surface area contributed by atoms with Crippen molar-refractivity contribution in [1.82, 2.24) is 14.8 Å². The average molecular weight is 388 g/mol. The Hall–Kier alpha value is -2.39. The topological polar surface area (TPSA) is 66.0 Å². The monoisotopic (exact) mass is 388 g/mol. The first-order chi connectivity index (χ1) is 12.7. The number of rotatable bonds is 5. The largest absolute Gasteiger partial charge is 0.573 e. The lowest BCUT2D eigenvalue weighted by atomic mass is 10.1. The lowest BCUT2D eigenvalue weighted by Crippen LogP contribution is -2.18. The normalized spacial score (nSPS) is 24.3. The molecule has 27 heavy (non-hydrogen) atoms. The highest BCUT2D eigenvalue weighted by Gasteiger charge is 2.54. The molecule has 2 aromatic heterocycles. The Morgan fingerprint density at radius 3 is 2.56 bits per heavy atom. The van der Waals surface area contributed by atoms with Gasteiger partial charge in [-0.3, -0.25) is 4.68 Å². The zero-order valence-corrected chi connectivity index (χ0v) is 14.1. The molecule has 2 saturated carbocycles. The lowest BCUT2D eigenvalue weighted by Gasteiger charge is -2.11. The molecule has 0 aromatic carbocycles. The maximum absolute atomic E-state index is 13.0. The van der Waals surface area contributed by atoms with E-state index in [9.17, 15) is 22.0 Å². The van der Waals surface area contributed by atoms with Crippen molar-refractivity contribution >= 4 is 5.82 Å². The van der Waals surface area contributed by atoms with Gasteiger partial charge in [0.15, 0.2) is 11.6 Å². The van der Waals surface area contributed by atoms with Gasteiger partial charge in [-0.1, -0.05) is 6.42 Å². The predicted molar refractivity (Wildman–Crippen MR) is 86.1 cm³/mol. The summed E-state index contributed by atoms with van der Waals surface area (Å²) in [4.78, 5) is 3.71. The summed E-state index contributed by atoms with van der Waals surface area (Å²) < 4.78 is 68.6. The fourth-order valence-electron chi connectivity index (χ4n) is 4.18. The molecule has 0 radical (unpaired) electrons. The van der Waals surface area contributed by atoms with E-state index in [-0.39, 0.29) is 17.2 Å². The standard InChI is InChI=1S/C17H17F5N4O/c18-14(19)7-26-12(15-9-2-1-3-10(9)15)5-11(25-26)8-4-13(16(23)24-6-8)27-17(20,21)22/h4-6,9-10,14-15H,1-3,7H2,(H2,23,24)/t9-,10+,15?. The van der Waals surface area contributed by atoms with Crippen LogP contribution in [0.15, 0.2) is 18.3 Å². The minimum atomic E-state index is -4.92. The molecule has 0 bridgehead atoms. The van der Waals surface area contributed by atoms with Gasteiger partial charge in [0.05, 0.1) is 5.69 Å². The predicted octanol–water partition coefficient (Wildman–Crippen LogP) is 4.20. The van der Waals surface area contributed by atoms with Crippen molar-refractivity contribution in [3.63, 3.8) is 0 Å². The summed E-state index contributed by atoms with van der Waals surface area (Å²) in [7, 11) is 0. The Balaban J connectivity index is 1.67. The second-order valence-electron chi connectivity index (χ2n) is 6.97. The van der Waals surface area contributed by atoms with Crippen molar-refractivity contribution in [2.24, 2.45) is 11.8 Å². The number of anilines is 1. The van der Waals surface area contributed by atoms with Gasteiger partial charge in [-0.05, 0) is 36.8 Å². The molecule has 0 spiro atoms. The zero-order valence-electron chi connectivity index (χ0n) is 14.1. The number of alkyl halides is 5. The molecule has 146 valence electrons. The summed E-state index contributed by atoms with van der Waals surface area (Å²) in [5, 5.41) is 4.20. The molecule has 3 atom stereocenters. The maximum Gasteiger partial charge on any atom is 0.573 e. The Bertz CT molecular complexity index is 840. The van der Waals surface area contributed by atoms with Crippen molar-refractivity contribution in [2.75, 3.05) is 5.73 Å². The molecule has 0 amide bonds. The lowest BCUT2D eigenvalue weighted by molar-refractivity contribution is -0.274. The van der Waals surface area contributed by atoms with E-state index >= 15 is 0 Å². The van der Waals surface area contributed by atoms with E-state index in [2.05, 4.69) is 14.8 Å². The fourth-order valence-corrected chi connectivity index (χ4v) is 4.18. The molecule has 4 rings (SSSR count). The summed E-state index contributed by atoms with van der Waals surface area (Å²) in [5.74, 6) is 0.0963. The van der Waals surface area contributed by atoms with Crippen molar-refractivity contribution < 1.29 is 26.7 Å². The highest BCUT2D eigenvalue weighted by molar-refractivity contribution is 5.64. The number of fused-ring (bicyclic) bond motifs is 1. The van der Waals surface area contributed by atoms with Crippen LogP contribution in [0.5, 0.6) is 5.75 Å². The molecule has 10 heteroatoms. The average Bonchev–Trinajstić information content (AvgIpc) is 2.93. The van der Waals surface area contributed by atoms with E-state index in [1.807, 2.05) is 0 Å². The molecule has 1 unspecified atom stereocenters. The van der Waals surface area contributed by atoms with Crippen LogP contribution in [-0.2, 0) is 6.54 Å². The van der Waals surface area contributed by atoms with Gasteiger partial charge < -0.3 is 10.5 Å². The van der Waals surface area contributed by atoms with Crippen molar-refractivity contribution in [2.45, 2.75) is 44.5 Å². The number of halogens is 5. The summed E-state index contributed by atoms with van der Waals surface area (Å²) in [6.07, 6.45) is -2.97. The summed E-state index contributed by atoms with van der Waals surface area (Å²) >= 11 is 0. The van der Waals surface area contributed by atoms with E-state index in [1.165, 1.54) is 10.9 Å². The van der Waals surface area contributed by atoms with Crippen LogP contribution < -0.4 is 10.5 Å². The van der Waals surface area contributed by atoms with Crippen LogP contribution in [0.2, 0.25) is 0 Å². The second-order valence-corrected chi connectivity index (χ2v) is 6.97. The van der Waals surface area contributed by atoms with Crippen LogP contribution in [-0.4, -0.2) is 27.6 Å². The third-order valence-corrected chi connectivity index (χ3v) is 5.27. The van der Waals surface area contributed by atoms with Gasteiger partial charge in [-0.2, -0.15) is 5.10 Å². The van der Waals surface area contributed by atoms with Crippen LogP contribution in [0, 0.1) is 11.8 Å². The molecule has 2 aromatic rings. The molecular weight excluding hydrogens is 371 g/mol. The van der Waals surface area contributed by atoms with Gasteiger partial charge in [0, 0.05) is 23.4 Å². The number of pyridine rings is 1. The van der Waals surface area contributed by atoms with Gasteiger partial charge in [-0.25, -0.2) is 13.8 Å². The van der Waals surface area contributed by atoms with Gasteiger partial charge in [0.1, 0.15) is 6.54 Å². The first kappa shape index (κ1) is 18.0. The molecule has 5 nitrogen and oxygen atoms in total.